The van der Waals surface area contributed by atoms with Crippen LogP contribution >= 0.6 is 38.9 Å². The van der Waals surface area contributed by atoms with E-state index < -0.39 is 5.41 Å². The van der Waals surface area contributed by atoms with Crippen LogP contribution in [0.3, 0.4) is 0 Å². The summed E-state index contributed by atoms with van der Waals surface area (Å²) in [5.41, 5.74) is 11.0. The van der Waals surface area contributed by atoms with Gasteiger partial charge in [-0.3, -0.25) is 0 Å². The molecular formula is C37H21BrClNS. The van der Waals surface area contributed by atoms with Gasteiger partial charge in [0.25, 0.3) is 0 Å². The van der Waals surface area contributed by atoms with Crippen molar-refractivity contribution in [2.24, 2.45) is 0 Å². The van der Waals surface area contributed by atoms with Gasteiger partial charge in [-0.1, -0.05) is 106 Å². The van der Waals surface area contributed by atoms with Crippen LogP contribution in [0.5, 0.6) is 0 Å². The molecule has 0 fully saturated rings. The fraction of sp³-hybridized carbons (Fsp3) is 0.0270. The maximum atomic E-state index is 6.46. The molecule has 1 aliphatic heterocycles. The molecule has 0 radical (unpaired) electrons. The molecule has 6 aromatic carbocycles. The van der Waals surface area contributed by atoms with Crippen molar-refractivity contribution in [2.45, 2.75) is 5.41 Å². The van der Waals surface area contributed by atoms with Gasteiger partial charge in [0, 0.05) is 35.4 Å². The van der Waals surface area contributed by atoms with E-state index in [4.69, 9.17) is 11.6 Å². The van der Waals surface area contributed by atoms with Crippen molar-refractivity contribution >= 4 is 76.1 Å². The quantitative estimate of drug-likeness (QED) is 0.175. The topological polar surface area (TPSA) is 3.24 Å². The molecule has 2 heterocycles. The molecule has 1 aromatic heterocycles. The Morgan fingerprint density at radius 3 is 1.98 bits per heavy atom. The number of thiophene rings is 1. The lowest BCUT2D eigenvalue weighted by atomic mass is 9.64. The van der Waals surface area contributed by atoms with Crippen LogP contribution in [-0.2, 0) is 5.41 Å². The molecule has 9 rings (SSSR count). The second-order valence-corrected chi connectivity index (χ2v) is 13.2. The number of fused-ring (bicyclic) bond motifs is 12. The van der Waals surface area contributed by atoms with Gasteiger partial charge in [0.05, 0.1) is 16.8 Å². The zero-order valence-corrected chi connectivity index (χ0v) is 24.9. The van der Waals surface area contributed by atoms with Crippen molar-refractivity contribution in [1.82, 2.24) is 0 Å². The lowest BCUT2D eigenvalue weighted by Crippen LogP contribution is -2.36. The smallest absolute Gasteiger partial charge is 0.0754 e. The first kappa shape index (κ1) is 23.8. The van der Waals surface area contributed by atoms with Crippen LogP contribution in [0.2, 0.25) is 5.02 Å². The zero-order chi connectivity index (χ0) is 27.3. The van der Waals surface area contributed by atoms with E-state index in [1.54, 1.807) is 0 Å². The Labute approximate surface area is 255 Å². The first-order chi connectivity index (χ1) is 20.1. The van der Waals surface area contributed by atoms with E-state index in [2.05, 4.69) is 142 Å². The predicted octanol–water partition coefficient (Wildman–Crippen LogP) is 11.6. The maximum absolute atomic E-state index is 6.46. The highest BCUT2D eigenvalue weighted by molar-refractivity contribution is 9.10. The molecule has 0 unspecified atom stereocenters. The molecule has 0 saturated heterocycles. The van der Waals surface area contributed by atoms with Crippen LogP contribution in [0.15, 0.2) is 132 Å². The molecule has 194 valence electrons. The fourth-order valence-corrected chi connectivity index (χ4v) is 8.97. The Morgan fingerprint density at radius 2 is 1.22 bits per heavy atom. The van der Waals surface area contributed by atoms with Crippen LogP contribution in [0.1, 0.15) is 22.3 Å². The van der Waals surface area contributed by atoms with Crippen molar-refractivity contribution in [3.8, 4) is 11.1 Å². The molecule has 0 atom stereocenters. The molecule has 4 heteroatoms. The van der Waals surface area contributed by atoms with Gasteiger partial charge in [0.15, 0.2) is 0 Å². The van der Waals surface area contributed by atoms with Crippen molar-refractivity contribution in [1.29, 1.82) is 0 Å². The highest BCUT2D eigenvalue weighted by atomic mass is 79.9. The fourth-order valence-electron chi connectivity index (χ4n) is 7.22. The minimum absolute atomic E-state index is 0.453. The molecule has 7 aromatic rings. The largest absolute Gasteiger partial charge is 0.310 e. The summed E-state index contributed by atoms with van der Waals surface area (Å²) in [6.07, 6.45) is 0. The van der Waals surface area contributed by atoms with Crippen LogP contribution in [-0.4, -0.2) is 0 Å². The highest BCUT2D eigenvalue weighted by Crippen LogP contribution is 2.64. The van der Waals surface area contributed by atoms with Crippen LogP contribution in [0.4, 0.5) is 17.1 Å². The maximum Gasteiger partial charge on any atom is 0.0754 e. The molecule has 1 nitrogen and oxygen atoms in total. The Hall–Kier alpha value is -3.89. The Morgan fingerprint density at radius 1 is 0.561 bits per heavy atom. The van der Waals surface area contributed by atoms with Gasteiger partial charge in [0.2, 0.25) is 0 Å². The minimum atomic E-state index is -0.453. The van der Waals surface area contributed by atoms with Gasteiger partial charge >= 0.3 is 0 Å². The van der Waals surface area contributed by atoms with E-state index in [-0.39, 0.29) is 0 Å². The van der Waals surface area contributed by atoms with Gasteiger partial charge in [-0.2, -0.15) is 0 Å². The zero-order valence-electron chi connectivity index (χ0n) is 21.7. The average molecular weight is 627 g/mol. The third-order valence-corrected chi connectivity index (χ3v) is 10.6. The minimum Gasteiger partial charge on any atom is -0.310 e. The van der Waals surface area contributed by atoms with Gasteiger partial charge in [-0.25, -0.2) is 0 Å². The predicted molar refractivity (Wildman–Crippen MR) is 178 cm³/mol. The van der Waals surface area contributed by atoms with Gasteiger partial charge < -0.3 is 4.90 Å². The summed E-state index contributed by atoms with van der Waals surface area (Å²) in [6.45, 7) is 0. The second kappa shape index (κ2) is 8.56. The van der Waals surface area contributed by atoms with E-state index in [0.717, 1.165) is 15.2 Å². The molecule has 0 amide bonds. The molecular weight excluding hydrogens is 606 g/mol. The van der Waals surface area contributed by atoms with Crippen LogP contribution in [0, 0.1) is 0 Å². The first-order valence-corrected chi connectivity index (χ1v) is 15.6. The lowest BCUT2D eigenvalue weighted by molar-refractivity contribution is 0.754. The number of benzene rings is 6. The number of para-hydroxylation sites is 1. The first-order valence-electron chi connectivity index (χ1n) is 13.7. The molecule has 2 aliphatic rings. The van der Waals surface area contributed by atoms with Gasteiger partial charge in [0.1, 0.15) is 0 Å². The molecule has 1 aliphatic carbocycles. The van der Waals surface area contributed by atoms with E-state index in [0.29, 0.717) is 0 Å². The molecule has 41 heavy (non-hydrogen) atoms. The van der Waals surface area contributed by atoms with E-state index in [1.807, 2.05) is 17.4 Å². The number of rotatable bonds is 1. The van der Waals surface area contributed by atoms with Crippen LogP contribution in [0.25, 0.3) is 31.3 Å². The van der Waals surface area contributed by atoms with Gasteiger partial charge in [-0.15, -0.1) is 11.3 Å². The Balaban J connectivity index is 1.51. The third-order valence-electron chi connectivity index (χ3n) is 8.77. The van der Waals surface area contributed by atoms with Crippen molar-refractivity contribution < 1.29 is 0 Å². The summed E-state index contributed by atoms with van der Waals surface area (Å²) < 4.78 is 3.55. The van der Waals surface area contributed by atoms with Gasteiger partial charge in [-0.05, 0) is 81.9 Å². The number of hydrogen-bond acceptors (Lipinski definition) is 2. The molecule has 0 N–H and O–H groups in total. The third kappa shape index (κ3) is 3.12. The summed E-state index contributed by atoms with van der Waals surface area (Å²) >= 11 is 12.1. The average Bonchev–Trinajstić information content (AvgIpc) is 3.50. The highest BCUT2D eigenvalue weighted by Gasteiger charge is 2.51. The summed E-state index contributed by atoms with van der Waals surface area (Å²) in [5, 5.41) is 3.27. The number of halogens is 2. The van der Waals surface area contributed by atoms with E-state index in [9.17, 15) is 0 Å². The number of hydrogen-bond donors (Lipinski definition) is 0. The monoisotopic (exact) mass is 625 g/mol. The van der Waals surface area contributed by atoms with Crippen molar-refractivity contribution in [2.75, 3.05) is 4.90 Å². The second-order valence-electron chi connectivity index (χ2n) is 10.8. The van der Waals surface area contributed by atoms with E-state index in [1.165, 1.54) is 64.9 Å². The molecule has 0 bridgehead atoms. The van der Waals surface area contributed by atoms with Crippen LogP contribution < -0.4 is 4.90 Å². The standard InChI is InChI=1S/C37H21BrClNS/c38-22-14-17-31-33(18-22)40(24-8-2-1-3-9-24)34-20-28-27-16-15-23(39)19-35(27)41-36(28)21-32(34)37(31)29-12-6-4-10-25(29)26-11-5-7-13-30(26)37/h1-21H. The summed E-state index contributed by atoms with van der Waals surface area (Å²) in [4.78, 5) is 2.45. The Bertz CT molecular complexity index is 2150. The van der Waals surface area contributed by atoms with E-state index >= 15 is 0 Å². The molecule has 1 spiro atoms. The normalized spacial score (nSPS) is 14.2. The van der Waals surface area contributed by atoms with Crippen molar-refractivity contribution in [3.05, 3.63) is 159 Å². The lowest BCUT2D eigenvalue weighted by Gasteiger charge is -2.45. The summed E-state index contributed by atoms with van der Waals surface area (Å²) in [5.74, 6) is 0. The summed E-state index contributed by atoms with van der Waals surface area (Å²) in [7, 11) is 0. The SMILES string of the molecule is Clc1ccc2c(c1)sc1cc3c(cc12)N(c1ccccc1)c1cc(Br)ccc1C31c2ccccc2-c2ccccc21. The number of anilines is 3. The summed E-state index contributed by atoms with van der Waals surface area (Å²) in [6, 6.07) is 46.6. The number of nitrogens with zero attached hydrogens (tertiary/aromatic N) is 1. The molecule has 0 saturated carbocycles. The Kier molecular flexibility index (Phi) is 4.96. The van der Waals surface area contributed by atoms with Crippen molar-refractivity contribution in [3.63, 3.8) is 0 Å².